The van der Waals surface area contributed by atoms with Crippen molar-refractivity contribution in [3.8, 4) is 22.4 Å². The van der Waals surface area contributed by atoms with Gasteiger partial charge in [-0.1, -0.05) is 0 Å². The van der Waals surface area contributed by atoms with E-state index in [1.165, 1.54) is 12.1 Å². The molecule has 0 saturated carbocycles. The molecule has 0 radical (unpaired) electrons. The van der Waals surface area contributed by atoms with Crippen LogP contribution in [0.5, 0.6) is 0 Å². The van der Waals surface area contributed by atoms with E-state index in [0.717, 1.165) is 27.9 Å². The zero-order chi connectivity index (χ0) is 13.9. The second-order valence-electron chi connectivity index (χ2n) is 4.51. The second-order valence-corrected chi connectivity index (χ2v) is 4.51. The Balaban J connectivity index is 0.00000121. The number of hydrogen-bond donors (Lipinski definition) is 2. The van der Waals surface area contributed by atoms with Crippen LogP contribution in [0.15, 0.2) is 55.0 Å². The van der Waals surface area contributed by atoms with Crippen molar-refractivity contribution in [2.24, 2.45) is 5.73 Å². The molecule has 22 heavy (non-hydrogen) atoms. The minimum Gasteiger partial charge on any atom is -0.360 e. The molecule has 1 aromatic carbocycles. The molecule has 0 amide bonds. The van der Waals surface area contributed by atoms with Gasteiger partial charge in [0.1, 0.15) is 5.82 Å². The third kappa shape index (κ3) is 3.47. The van der Waals surface area contributed by atoms with Gasteiger partial charge in [0.2, 0.25) is 0 Å². The number of benzene rings is 1. The number of H-pyrrole nitrogens is 1. The van der Waals surface area contributed by atoms with Gasteiger partial charge in [-0.05, 0) is 53.1 Å². The number of aromatic amines is 1. The Labute approximate surface area is 140 Å². The van der Waals surface area contributed by atoms with Crippen LogP contribution in [0.4, 0.5) is 4.39 Å². The van der Waals surface area contributed by atoms with Crippen molar-refractivity contribution in [1.29, 1.82) is 0 Å². The van der Waals surface area contributed by atoms with Crippen LogP contribution in [0.2, 0.25) is 0 Å². The van der Waals surface area contributed by atoms with Gasteiger partial charge in [-0.25, -0.2) is 4.39 Å². The lowest BCUT2D eigenvalue weighted by Gasteiger charge is -2.07. The summed E-state index contributed by atoms with van der Waals surface area (Å²) in [5, 5.41) is 0. The third-order valence-electron chi connectivity index (χ3n) is 3.28. The zero-order valence-electron chi connectivity index (χ0n) is 11.6. The van der Waals surface area contributed by atoms with E-state index in [1.807, 2.05) is 18.3 Å². The first kappa shape index (κ1) is 18.2. The molecule has 0 unspecified atom stereocenters. The third-order valence-corrected chi connectivity index (χ3v) is 3.28. The summed E-state index contributed by atoms with van der Waals surface area (Å²) < 4.78 is 13.1. The number of aromatic nitrogens is 2. The van der Waals surface area contributed by atoms with Gasteiger partial charge in [0.15, 0.2) is 0 Å². The number of rotatable bonds is 3. The lowest BCUT2D eigenvalue weighted by Crippen LogP contribution is -1.96. The van der Waals surface area contributed by atoms with Gasteiger partial charge in [-0.15, -0.1) is 24.8 Å². The largest absolute Gasteiger partial charge is 0.360 e. The van der Waals surface area contributed by atoms with E-state index >= 15 is 0 Å². The highest BCUT2D eigenvalue weighted by Crippen LogP contribution is 2.34. The molecule has 3 aromatic rings. The smallest absolute Gasteiger partial charge is 0.123 e. The van der Waals surface area contributed by atoms with Crippen LogP contribution in [-0.2, 0) is 6.54 Å². The highest BCUT2D eigenvalue weighted by Gasteiger charge is 2.13. The molecule has 0 atom stereocenters. The van der Waals surface area contributed by atoms with Crippen molar-refractivity contribution in [3.63, 3.8) is 0 Å². The molecule has 0 bridgehead atoms. The van der Waals surface area contributed by atoms with Crippen LogP contribution < -0.4 is 5.73 Å². The highest BCUT2D eigenvalue weighted by atomic mass is 35.5. The molecular weight excluding hydrogens is 324 g/mol. The minimum absolute atomic E-state index is 0. The van der Waals surface area contributed by atoms with Gasteiger partial charge < -0.3 is 10.7 Å². The predicted molar refractivity (Wildman–Crippen MR) is 91.8 cm³/mol. The predicted octanol–water partition coefficient (Wildman–Crippen LogP) is 4.19. The molecule has 116 valence electrons. The SMILES string of the molecule is Cl.Cl.NCc1c[nH]c(-c2ccc(F)cc2)c1-c1ccncc1. The van der Waals surface area contributed by atoms with Gasteiger partial charge in [-0.2, -0.15) is 0 Å². The van der Waals surface area contributed by atoms with E-state index in [4.69, 9.17) is 5.73 Å². The van der Waals surface area contributed by atoms with Gasteiger partial charge in [0.25, 0.3) is 0 Å². The first-order valence-electron chi connectivity index (χ1n) is 6.36. The van der Waals surface area contributed by atoms with E-state index in [1.54, 1.807) is 24.5 Å². The van der Waals surface area contributed by atoms with Crippen molar-refractivity contribution in [1.82, 2.24) is 9.97 Å². The fourth-order valence-electron chi connectivity index (χ4n) is 2.32. The van der Waals surface area contributed by atoms with Gasteiger partial charge in [-0.3, -0.25) is 4.98 Å². The molecule has 0 spiro atoms. The maximum atomic E-state index is 13.1. The lowest BCUT2D eigenvalue weighted by atomic mass is 9.99. The molecule has 6 heteroatoms. The number of nitrogens with two attached hydrogens (primary N) is 1. The summed E-state index contributed by atoms with van der Waals surface area (Å²) in [4.78, 5) is 7.27. The number of nitrogens with one attached hydrogen (secondary N) is 1. The molecule has 3 rings (SSSR count). The summed E-state index contributed by atoms with van der Waals surface area (Å²) in [6.45, 7) is 0.440. The molecule has 3 nitrogen and oxygen atoms in total. The molecule has 2 heterocycles. The fraction of sp³-hybridized carbons (Fsp3) is 0.0625. The van der Waals surface area contributed by atoms with Gasteiger partial charge in [0, 0.05) is 30.7 Å². The topological polar surface area (TPSA) is 54.7 Å². The number of pyridine rings is 1. The number of hydrogen-bond acceptors (Lipinski definition) is 2. The normalized spacial score (nSPS) is 9.73. The van der Waals surface area contributed by atoms with E-state index < -0.39 is 0 Å². The van der Waals surface area contributed by atoms with Crippen LogP contribution in [0, 0.1) is 5.82 Å². The first-order chi connectivity index (χ1) is 9.79. The lowest BCUT2D eigenvalue weighted by molar-refractivity contribution is 0.628. The van der Waals surface area contributed by atoms with Crippen molar-refractivity contribution in [2.75, 3.05) is 0 Å². The molecule has 0 saturated heterocycles. The Morgan fingerprint density at radius 2 is 1.59 bits per heavy atom. The van der Waals surface area contributed by atoms with E-state index in [-0.39, 0.29) is 30.6 Å². The van der Waals surface area contributed by atoms with Crippen molar-refractivity contribution >= 4 is 24.8 Å². The maximum Gasteiger partial charge on any atom is 0.123 e. The molecule has 2 aromatic heterocycles. The van der Waals surface area contributed by atoms with E-state index in [2.05, 4.69) is 9.97 Å². The Hall–Kier alpha value is -1.88. The molecule has 0 aliphatic heterocycles. The van der Waals surface area contributed by atoms with Crippen molar-refractivity contribution < 1.29 is 4.39 Å². The average molecular weight is 340 g/mol. The minimum atomic E-state index is -0.246. The summed E-state index contributed by atoms with van der Waals surface area (Å²) in [6, 6.07) is 10.3. The summed E-state index contributed by atoms with van der Waals surface area (Å²) >= 11 is 0. The monoisotopic (exact) mass is 339 g/mol. The van der Waals surface area contributed by atoms with E-state index in [0.29, 0.717) is 6.54 Å². The fourth-order valence-corrected chi connectivity index (χ4v) is 2.32. The molecule has 0 aliphatic carbocycles. The summed E-state index contributed by atoms with van der Waals surface area (Å²) in [5.41, 5.74) is 10.8. The van der Waals surface area contributed by atoms with Crippen molar-refractivity contribution in [3.05, 3.63) is 66.4 Å². The van der Waals surface area contributed by atoms with Crippen LogP contribution in [-0.4, -0.2) is 9.97 Å². The van der Waals surface area contributed by atoms with Crippen LogP contribution in [0.25, 0.3) is 22.4 Å². The Morgan fingerprint density at radius 1 is 0.955 bits per heavy atom. The molecule has 0 aliphatic rings. The quantitative estimate of drug-likeness (QED) is 0.751. The standard InChI is InChI=1S/C16H14FN3.2ClH/c17-14-3-1-12(2-4-14)16-15(13(9-18)10-20-16)11-5-7-19-8-6-11;;/h1-8,10,20H,9,18H2;2*1H. The summed E-state index contributed by atoms with van der Waals surface area (Å²) in [5.74, 6) is -0.246. The van der Waals surface area contributed by atoms with E-state index in [9.17, 15) is 4.39 Å². The van der Waals surface area contributed by atoms with Crippen LogP contribution >= 0.6 is 24.8 Å². The van der Waals surface area contributed by atoms with Crippen LogP contribution in [0.3, 0.4) is 0 Å². The van der Waals surface area contributed by atoms with Crippen LogP contribution in [0.1, 0.15) is 5.56 Å². The second kappa shape index (κ2) is 7.94. The maximum absolute atomic E-state index is 13.1. The number of nitrogens with zero attached hydrogens (tertiary/aromatic N) is 1. The van der Waals surface area contributed by atoms with Crippen molar-refractivity contribution in [2.45, 2.75) is 6.54 Å². The highest BCUT2D eigenvalue weighted by molar-refractivity contribution is 5.85. The summed E-state index contributed by atoms with van der Waals surface area (Å²) in [7, 11) is 0. The Morgan fingerprint density at radius 3 is 2.18 bits per heavy atom. The zero-order valence-corrected chi connectivity index (χ0v) is 13.3. The molecule has 3 N–H and O–H groups in total. The Bertz CT molecular complexity index is 712. The summed E-state index contributed by atoms with van der Waals surface area (Å²) in [6.07, 6.45) is 5.39. The Kier molecular flexibility index (Phi) is 6.56. The first-order valence-corrected chi connectivity index (χ1v) is 6.36. The molecule has 0 fully saturated rings. The van der Waals surface area contributed by atoms with Gasteiger partial charge >= 0.3 is 0 Å². The molecular formula is C16H16Cl2FN3. The van der Waals surface area contributed by atoms with Gasteiger partial charge in [0.05, 0.1) is 5.69 Å². The average Bonchev–Trinajstić information content (AvgIpc) is 2.93. The number of halogens is 3.